The number of nitrogens with two attached hydrogens (primary N) is 1. The van der Waals surface area contributed by atoms with Gasteiger partial charge in [0, 0.05) is 5.54 Å². The summed E-state index contributed by atoms with van der Waals surface area (Å²) in [4.78, 5) is 0. The largest absolute Gasteiger partial charge is 0.325 e. The van der Waals surface area contributed by atoms with E-state index in [1.165, 1.54) is 49.7 Å². The Morgan fingerprint density at radius 3 is 1.57 bits per heavy atom. The molecule has 0 spiro atoms. The van der Waals surface area contributed by atoms with Gasteiger partial charge in [0.15, 0.2) is 0 Å². The number of hydrogen-bond donors (Lipinski definition) is 1. The fourth-order valence-corrected chi connectivity index (χ4v) is 6.74. The summed E-state index contributed by atoms with van der Waals surface area (Å²) in [6.07, 6.45) is 7.54. The lowest BCUT2D eigenvalue weighted by Crippen LogP contribution is -2.66. The van der Waals surface area contributed by atoms with Crippen molar-refractivity contribution in [2.24, 2.45) is 11.7 Å². The van der Waals surface area contributed by atoms with Crippen LogP contribution in [0.15, 0.2) is 60.7 Å². The van der Waals surface area contributed by atoms with Gasteiger partial charge in [-0.1, -0.05) is 60.7 Å². The lowest BCUT2D eigenvalue weighted by molar-refractivity contribution is -0.0440. The van der Waals surface area contributed by atoms with Crippen molar-refractivity contribution in [1.29, 1.82) is 0 Å². The molecule has 1 nitrogen and oxygen atoms in total. The first-order valence-electron chi connectivity index (χ1n) is 9.02. The molecule has 2 aromatic rings. The van der Waals surface area contributed by atoms with Crippen molar-refractivity contribution in [3.05, 3.63) is 71.8 Å². The molecule has 118 valence electrons. The van der Waals surface area contributed by atoms with E-state index in [1.54, 1.807) is 0 Å². The number of rotatable bonds is 2. The molecule has 4 aliphatic carbocycles. The molecule has 0 amide bonds. The molecule has 0 radical (unpaired) electrons. The Bertz CT molecular complexity index is 665. The van der Waals surface area contributed by atoms with Crippen molar-refractivity contribution >= 4 is 0 Å². The van der Waals surface area contributed by atoms with Gasteiger partial charge in [-0.15, -0.1) is 0 Å². The van der Waals surface area contributed by atoms with Gasteiger partial charge in [0.25, 0.3) is 0 Å². The highest BCUT2D eigenvalue weighted by atomic mass is 14.8. The summed E-state index contributed by atoms with van der Waals surface area (Å²) < 4.78 is 0. The summed E-state index contributed by atoms with van der Waals surface area (Å²) in [6, 6.07) is 22.4. The summed E-state index contributed by atoms with van der Waals surface area (Å²) >= 11 is 0. The first-order chi connectivity index (χ1) is 11.1. The van der Waals surface area contributed by atoms with Crippen LogP contribution < -0.4 is 5.73 Å². The van der Waals surface area contributed by atoms with Gasteiger partial charge in [-0.05, 0) is 66.4 Å². The molecule has 1 heteroatoms. The minimum Gasteiger partial charge on any atom is -0.325 e. The Labute approximate surface area is 138 Å². The second kappa shape index (κ2) is 4.48. The topological polar surface area (TPSA) is 26.0 Å². The van der Waals surface area contributed by atoms with Gasteiger partial charge in [-0.3, -0.25) is 0 Å². The van der Waals surface area contributed by atoms with E-state index in [4.69, 9.17) is 5.73 Å². The number of hydrogen-bond acceptors (Lipinski definition) is 1. The van der Waals surface area contributed by atoms with Crippen molar-refractivity contribution in [2.45, 2.75) is 54.9 Å². The molecule has 4 aliphatic rings. The van der Waals surface area contributed by atoms with Crippen molar-refractivity contribution in [3.8, 4) is 0 Å². The Kier molecular flexibility index (Phi) is 2.69. The molecule has 0 saturated heterocycles. The minimum atomic E-state index is 0.0328. The third-order valence-corrected chi connectivity index (χ3v) is 6.88. The van der Waals surface area contributed by atoms with Crippen LogP contribution in [0.4, 0.5) is 0 Å². The van der Waals surface area contributed by atoms with Crippen molar-refractivity contribution in [2.75, 3.05) is 0 Å². The van der Waals surface area contributed by atoms with Crippen LogP contribution in [0, 0.1) is 5.92 Å². The molecule has 6 rings (SSSR count). The molecule has 0 aromatic heterocycles. The average molecular weight is 303 g/mol. The monoisotopic (exact) mass is 303 g/mol. The molecule has 2 N–H and O–H groups in total. The lowest BCUT2D eigenvalue weighted by Gasteiger charge is -2.66. The summed E-state index contributed by atoms with van der Waals surface area (Å²) in [7, 11) is 0. The molecule has 4 saturated carbocycles. The fourth-order valence-electron chi connectivity index (χ4n) is 6.74. The normalized spacial score (nSPS) is 41.2. The Morgan fingerprint density at radius 2 is 1.13 bits per heavy atom. The second-order valence-electron chi connectivity index (χ2n) is 8.66. The maximum Gasteiger partial charge on any atom is 0.0174 e. The predicted octanol–water partition coefficient (Wildman–Crippen LogP) is 4.56. The summed E-state index contributed by atoms with van der Waals surface area (Å²) in [6.45, 7) is 0. The van der Waals surface area contributed by atoms with Gasteiger partial charge in [0.2, 0.25) is 0 Å². The molecular formula is C22H25N. The fraction of sp³-hybridized carbons (Fsp3) is 0.455. The zero-order valence-corrected chi connectivity index (χ0v) is 13.7. The van der Waals surface area contributed by atoms with Crippen LogP contribution in [0.1, 0.15) is 49.7 Å². The van der Waals surface area contributed by atoms with Gasteiger partial charge in [0.1, 0.15) is 0 Å². The van der Waals surface area contributed by atoms with E-state index in [-0.39, 0.29) is 5.54 Å². The molecule has 4 fully saturated rings. The summed E-state index contributed by atoms with van der Waals surface area (Å²) in [5.41, 5.74) is 10.6. The van der Waals surface area contributed by atoms with Gasteiger partial charge in [-0.25, -0.2) is 0 Å². The quantitative estimate of drug-likeness (QED) is 0.865. The summed E-state index contributed by atoms with van der Waals surface area (Å²) in [5, 5.41) is 0. The molecule has 2 aromatic carbocycles. The number of benzene rings is 2. The van der Waals surface area contributed by atoms with Crippen LogP contribution in [0.5, 0.6) is 0 Å². The van der Waals surface area contributed by atoms with E-state index in [2.05, 4.69) is 60.7 Å². The highest BCUT2D eigenvalue weighted by Gasteiger charge is 2.62. The van der Waals surface area contributed by atoms with Gasteiger partial charge >= 0.3 is 0 Å². The van der Waals surface area contributed by atoms with E-state index in [1.807, 2.05) is 0 Å². The average Bonchev–Trinajstić information content (AvgIpc) is 2.54. The first-order valence-corrected chi connectivity index (χ1v) is 9.02. The van der Waals surface area contributed by atoms with Gasteiger partial charge < -0.3 is 5.73 Å². The highest BCUT2D eigenvalue weighted by Crippen LogP contribution is 2.66. The molecule has 4 bridgehead atoms. The maximum atomic E-state index is 6.97. The molecule has 2 unspecified atom stereocenters. The SMILES string of the molecule is NC12CC3CC(c4ccccc4)(C1)CC(c1ccccc1)(C3)C2. The van der Waals surface area contributed by atoms with Crippen LogP contribution in [0.25, 0.3) is 0 Å². The lowest BCUT2D eigenvalue weighted by atomic mass is 9.40. The molecule has 0 heterocycles. The third kappa shape index (κ3) is 1.96. The molecule has 23 heavy (non-hydrogen) atoms. The zero-order valence-electron chi connectivity index (χ0n) is 13.7. The van der Waals surface area contributed by atoms with Crippen molar-refractivity contribution in [3.63, 3.8) is 0 Å². The van der Waals surface area contributed by atoms with Gasteiger partial charge in [0.05, 0.1) is 0 Å². The van der Waals surface area contributed by atoms with Crippen LogP contribution in [0.2, 0.25) is 0 Å². The smallest absolute Gasteiger partial charge is 0.0174 e. The molecule has 2 atom stereocenters. The van der Waals surface area contributed by atoms with E-state index in [0.717, 1.165) is 5.92 Å². The van der Waals surface area contributed by atoms with Crippen molar-refractivity contribution in [1.82, 2.24) is 0 Å². The standard InChI is InChI=1S/C22H25N/c23-22-13-17-11-20(15-22,18-7-3-1-4-8-18)14-21(12-17,16-22)19-9-5-2-6-10-19/h1-10,17H,11-16,23H2. The van der Waals surface area contributed by atoms with Crippen LogP contribution in [-0.2, 0) is 10.8 Å². The Morgan fingerprint density at radius 1 is 0.652 bits per heavy atom. The molecule has 0 aliphatic heterocycles. The van der Waals surface area contributed by atoms with E-state index < -0.39 is 0 Å². The van der Waals surface area contributed by atoms with Crippen LogP contribution in [0.3, 0.4) is 0 Å². The van der Waals surface area contributed by atoms with E-state index in [0.29, 0.717) is 10.8 Å². The van der Waals surface area contributed by atoms with E-state index in [9.17, 15) is 0 Å². The Hall–Kier alpha value is -1.60. The minimum absolute atomic E-state index is 0.0328. The molecular weight excluding hydrogens is 278 g/mol. The first kappa shape index (κ1) is 13.8. The zero-order chi connectivity index (χ0) is 15.5. The van der Waals surface area contributed by atoms with Crippen LogP contribution >= 0.6 is 0 Å². The predicted molar refractivity (Wildman–Crippen MR) is 94.4 cm³/mol. The van der Waals surface area contributed by atoms with Crippen LogP contribution in [-0.4, -0.2) is 5.54 Å². The maximum absolute atomic E-state index is 6.97. The van der Waals surface area contributed by atoms with Crippen molar-refractivity contribution < 1.29 is 0 Å². The summed E-state index contributed by atoms with van der Waals surface area (Å²) in [5.74, 6) is 0.789. The third-order valence-electron chi connectivity index (χ3n) is 6.88. The van der Waals surface area contributed by atoms with E-state index >= 15 is 0 Å². The second-order valence-corrected chi connectivity index (χ2v) is 8.66. The van der Waals surface area contributed by atoms with Gasteiger partial charge in [-0.2, -0.15) is 0 Å². The Balaban J connectivity index is 1.66. The highest BCUT2D eigenvalue weighted by molar-refractivity contribution is 5.39.